The molecule has 1 aromatic carbocycles. The average Bonchev–Trinajstić information content (AvgIpc) is 2.87. The molecule has 0 saturated heterocycles. The van der Waals surface area contributed by atoms with Gasteiger partial charge >= 0.3 is 0 Å². The fraction of sp³-hybridized carbons (Fsp3) is 0.188. The predicted octanol–water partition coefficient (Wildman–Crippen LogP) is 2.65. The van der Waals surface area contributed by atoms with E-state index in [9.17, 15) is 0 Å². The van der Waals surface area contributed by atoms with E-state index in [-0.39, 0.29) is 5.57 Å². The Kier molecular flexibility index (Phi) is 4.79. The topological polar surface area (TPSA) is 86.7 Å². The van der Waals surface area contributed by atoms with Crippen LogP contribution in [0.5, 0.6) is 5.75 Å². The fourth-order valence-electron chi connectivity index (χ4n) is 1.74. The number of hydrogen-bond acceptors (Lipinski definition) is 5. The molecule has 22 heavy (non-hydrogen) atoms. The number of rotatable bonds is 5. The highest BCUT2D eigenvalue weighted by molar-refractivity contribution is 5.51. The third-order valence-corrected chi connectivity index (χ3v) is 3.21. The Bertz CT molecular complexity index is 743. The van der Waals surface area contributed by atoms with Gasteiger partial charge in [-0.05, 0) is 31.2 Å². The predicted molar refractivity (Wildman–Crippen MR) is 81.7 cm³/mol. The lowest BCUT2D eigenvalue weighted by molar-refractivity contribution is 0.305. The molecular weight excluding hydrogens is 278 g/mol. The van der Waals surface area contributed by atoms with Crippen molar-refractivity contribution in [2.75, 3.05) is 5.32 Å². The molecule has 0 bridgehead atoms. The first-order valence-electron chi connectivity index (χ1n) is 6.61. The summed E-state index contributed by atoms with van der Waals surface area (Å²) in [7, 11) is 1.89. The molecule has 0 aliphatic heterocycles. The Labute approximate surface area is 128 Å². The van der Waals surface area contributed by atoms with Crippen LogP contribution in [0.15, 0.2) is 42.2 Å². The lowest BCUT2D eigenvalue weighted by atomic mass is 10.2. The van der Waals surface area contributed by atoms with Crippen molar-refractivity contribution in [1.82, 2.24) is 9.78 Å². The smallest absolute Gasteiger partial charge is 0.145 e. The Morgan fingerprint density at radius 3 is 2.55 bits per heavy atom. The third kappa shape index (κ3) is 3.65. The number of benzene rings is 1. The highest BCUT2D eigenvalue weighted by atomic mass is 16.5. The molecule has 0 unspecified atom stereocenters. The Morgan fingerprint density at radius 1 is 1.32 bits per heavy atom. The van der Waals surface area contributed by atoms with Gasteiger partial charge in [0.25, 0.3) is 0 Å². The molecule has 2 aromatic rings. The lowest BCUT2D eigenvalue weighted by Gasteiger charge is -2.07. The van der Waals surface area contributed by atoms with Gasteiger partial charge < -0.3 is 10.1 Å². The summed E-state index contributed by atoms with van der Waals surface area (Å²) in [4.78, 5) is 0. The standard InChI is InChI=1S/C16H15N5O/c1-12-14(10-20-21(12)2)11-22-16-5-3-15(4-6-16)19-9-13(7-17)8-18/h3-6,9-10,19H,11H2,1-2H3. The molecule has 0 fully saturated rings. The van der Waals surface area contributed by atoms with Crippen LogP contribution in [0.2, 0.25) is 0 Å². The molecule has 0 saturated carbocycles. The van der Waals surface area contributed by atoms with Gasteiger partial charge in [0.1, 0.15) is 30.1 Å². The van der Waals surface area contributed by atoms with E-state index in [0.29, 0.717) is 6.61 Å². The van der Waals surface area contributed by atoms with E-state index < -0.39 is 0 Å². The zero-order valence-corrected chi connectivity index (χ0v) is 12.4. The van der Waals surface area contributed by atoms with Gasteiger partial charge in [0.15, 0.2) is 0 Å². The van der Waals surface area contributed by atoms with Gasteiger partial charge in [-0.1, -0.05) is 0 Å². The molecular formula is C16H15N5O. The van der Waals surface area contributed by atoms with E-state index in [4.69, 9.17) is 15.3 Å². The van der Waals surface area contributed by atoms with Crippen LogP contribution in [-0.4, -0.2) is 9.78 Å². The molecule has 1 heterocycles. The number of nitriles is 2. The van der Waals surface area contributed by atoms with Crippen LogP contribution in [0.25, 0.3) is 0 Å². The molecule has 0 aliphatic carbocycles. The second-order valence-corrected chi connectivity index (χ2v) is 4.62. The van der Waals surface area contributed by atoms with E-state index in [0.717, 1.165) is 22.7 Å². The summed E-state index contributed by atoms with van der Waals surface area (Å²) < 4.78 is 7.51. The maximum absolute atomic E-state index is 8.64. The van der Waals surface area contributed by atoms with E-state index in [1.54, 1.807) is 23.0 Å². The zero-order valence-electron chi connectivity index (χ0n) is 12.4. The van der Waals surface area contributed by atoms with Crippen LogP contribution >= 0.6 is 0 Å². The summed E-state index contributed by atoms with van der Waals surface area (Å²) in [6.07, 6.45) is 3.16. The van der Waals surface area contributed by atoms with Crippen LogP contribution in [0.3, 0.4) is 0 Å². The number of aryl methyl sites for hydroxylation is 1. The van der Waals surface area contributed by atoms with Crippen LogP contribution < -0.4 is 10.1 Å². The van der Waals surface area contributed by atoms with Crippen molar-refractivity contribution in [3.8, 4) is 17.9 Å². The van der Waals surface area contributed by atoms with Crippen molar-refractivity contribution in [2.24, 2.45) is 7.05 Å². The normalized spacial score (nSPS) is 9.45. The number of nitrogens with zero attached hydrogens (tertiary/aromatic N) is 4. The molecule has 6 heteroatoms. The highest BCUT2D eigenvalue weighted by Crippen LogP contribution is 2.18. The van der Waals surface area contributed by atoms with E-state index in [2.05, 4.69) is 10.4 Å². The Balaban J connectivity index is 1.95. The summed E-state index contributed by atoms with van der Waals surface area (Å²) in [5.74, 6) is 0.735. The monoisotopic (exact) mass is 293 g/mol. The van der Waals surface area contributed by atoms with Crippen LogP contribution in [-0.2, 0) is 13.7 Å². The van der Waals surface area contributed by atoms with Crippen LogP contribution in [0.1, 0.15) is 11.3 Å². The highest BCUT2D eigenvalue weighted by Gasteiger charge is 2.04. The molecule has 2 rings (SSSR count). The fourth-order valence-corrected chi connectivity index (χ4v) is 1.74. The van der Waals surface area contributed by atoms with E-state index in [1.165, 1.54) is 6.20 Å². The van der Waals surface area contributed by atoms with Crippen LogP contribution in [0.4, 0.5) is 5.69 Å². The number of allylic oxidation sites excluding steroid dienone is 1. The molecule has 1 aromatic heterocycles. The molecule has 0 atom stereocenters. The number of nitrogens with one attached hydrogen (secondary N) is 1. The molecule has 6 nitrogen and oxygen atoms in total. The van der Waals surface area contributed by atoms with Crippen LogP contribution in [0, 0.1) is 29.6 Å². The van der Waals surface area contributed by atoms with Gasteiger partial charge in [0, 0.05) is 30.2 Å². The van der Waals surface area contributed by atoms with Gasteiger partial charge in [-0.3, -0.25) is 4.68 Å². The van der Waals surface area contributed by atoms with Crippen molar-refractivity contribution < 1.29 is 4.74 Å². The number of aromatic nitrogens is 2. The van der Waals surface area contributed by atoms with Gasteiger partial charge in [0.05, 0.1) is 6.20 Å². The summed E-state index contributed by atoms with van der Waals surface area (Å²) in [5.41, 5.74) is 2.91. The molecule has 1 N–H and O–H groups in total. The van der Waals surface area contributed by atoms with Crippen molar-refractivity contribution in [2.45, 2.75) is 13.5 Å². The van der Waals surface area contributed by atoms with Crippen molar-refractivity contribution in [3.05, 3.63) is 53.5 Å². The number of ether oxygens (including phenoxy) is 1. The largest absolute Gasteiger partial charge is 0.489 e. The maximum atomic E-state index is 8.64. The minimum absolute atomic E-state index is 0.0207. The maximum Gasteiger partial charge on any atom is 0.145 e. The summed E-state index contributed by atoms with van der Waals surface area (Å²) in [6, 6.07) is 10.8. The molecule has 0 amide bonds. The second-order valence-electron chi connectivity index (χ2n) is 4.62. The van der Waals surface area contributed by atoms with E-state index >= 15 is 0 Å². The summed E-state index contributed by atoms with van der Waals surface area (Å²) in [6.45, 7) is 2.45. The van der Waals surface area contributed by atoms with Gasteiger partial charge in [0.2, 0.25) is 0 Å². The third-order valence-electron chi connectivity index (χ3n) is 3.21. The minimum atomic E-state index is 0.0207. The Hall–Kier alpha value is -3.25. The first-order chi connectivity index (χ1) is 10.6. The first kappa shape index (κ1) is 15.1. The second kappa shape index (κ2) is 6.96. The summed E-state index contributed by atoms with van der Waals surface area (Å²) in [5, 5.41) is 24.3. The molecule has 0 aliphatic rings. The SMILES string of the molecule is Cc1c(COc2ccc(NC=C(C#N)C#N)cc2)cnn1C. The number of anilines is 1. The Morgan fingerprint density at radius 2 is 2.00 bits per heavy atom. The van der Waals surface area contributed by atoms with Crippen molar-refractivity contribution >= 4 is 5.69 Å². The quantitative estimate of drug-likeness (QED) is 0.856. The van der Waals surface area contributed by atoms with Gasteiger partial charge in [-0.15, -0.1) is 0 Å². The molecule has 0 radical (unpaired) electrons. The number of hydrogen-bond donors (Lipinski definition) is 1. The minimum Gasteiger partial charge on any atom is -0.489 e. The van der Waals surface area contributed by atoms with Crippen molar-refractivity contribution in [3.63, 3.8) is 0 Å². The van der Waals surface area contributed by atoms with Gasteiger partial charge in [-0.25, -0.2) is 0 Å². The molecule has 0 spiro atoms. The summed E-state index contributed by atoms with van der Waals surface area (Å²) >= 11 is 0. The lowest BCUT2D eigenvalue weighted by Crippen LogP contribution is -1.98. The van der Waals surface area contributed by atoms with E-state index in [1.807, 2.05) is 38.2 Å². The zero-order chi connectivity index (χ0) is 15.9. The van der Waals surface area contributed by atoms with Gasteiger partial charge in [-0.2, -0.15) is 15.6 Å². The van der Waals surface area contributed by atoms with Crippen molar-refractivity contribution in [1.29, 1.82) is 10.5 Å². The molecule has 110 valence electrons. The average molecular weight is 293 g/mol. The first-order valence-corrected chi connectivity index (χ1v) is 6.61.